The third kappa shape index (κ3) is 2.86. The Morgan fingerprint density at radius 3 is 2.94 bits per heavy atom. The molecule has 1 aliphatic rings. The fourth-order valence-corrected chi connectivity index (χ4v) is 3.63. The highest BCUT2D eigenvalue weighted by Crippen LogP contribution is 2.28. The highest BCUT2D eigenvalue weighted by atomic mass is 32.1. The normalized spacial score (nSPS) is 25.1. The molecule has 1 heterocycles. The zero-order valence-corrected chi connectivity index (χ0v) is 11.3. The Kier molecular flexibility index (Phi) is 4.42. The molecule has 1 fully saturated rings. The van der Waals surface area contributed by atoms with E-state index in [9.17, 15) is 0 Å². The van der Waals surface area contributed by atoms with Crippen molar-refractivity contribution in [3.63, 3.8) is 0 Å². The molecule has 0 amide bonds. The van der Waals surface area contributed by atoms with Crippen LogP contribution in [0.3, 0.4) is 0 Å². The molecule has 0 spiro atoms. The zero-order chi connectivity index (χ0) is 11.4. The van der Waals surface area contributed by atoms with Gasteiger partial charge in [-0.1, -0.05) is 20.3 Å². The van der Waals surface area contributed by atoms with Gasteiger partial charge < -0.3 is 5.32 Å². The van der Waals surface area contributed by atoms with Crippen molar-refractivity contribution in [2.75, 3.05) is 0 Å². The minimum absolute atomic E-state index is 0.775. The number of hydrogen-bond donors (Lipinski definition) is 1. The highest BCUT2D eigenvalue weighted by molar-refractivity contribution is 7.10. The van der Waals surface area contributed by atoms with Crippen LogP contribution >= 0.6 is 11.3 Å². The summed E-state index contributed by atoms with van der Waals surface area (Å²) in [5.74, 6) is 0.978. The van der Waals surface area contributed by atoms with Gasteiger partial charge in [-0.2, -0.15) is 0 Å². The molecule has 0 aromatic carbocycles. The largest absolute Gasteiger partial charge is 0.309 e. The van der Waals surface area contributed by atoms with E-state index in [0.29, 0.717) is 0 Å². The highest BCUT2D eigenvalue weighted by Gasteiger charge is 2.22. The van der Waals surface area contributed by atoms with Crippen LogP contribution in [0.2, 0.25) is 0 Å². The predicted octanol–water partition coefficient (Wildman–Crippen LogP) is 3.98. The van der Waals surface area contributed by atoms with Crippen LogP contribution in [0, 0.1) is 5.92 Å². The van der Waals surface area contributed by atoms with Crippen LogP contribution in [0.25, 0.3) is 0 Å². The molecule has 2 heteroatoms. The number of aryl methyl sites for hydroxylation is 1. The molecule has 1 nitrogen and oxygen atoms in total. The van der Waals surface area contributed by atoms with Gasteiger partial charge in [-0.15, -0.1) is 11.3 Å². The molecule has 16 heavy (non-hydrogen) atoms. The number of thiophene rings is 1. The van der Waals surface area contributed by atoms with E-state index in [1.807, 2.05) is 11.3 Å². The molecule has 0 saturated heterocycles. The quantitative estimate of drug-likeness (QED) is 0.817. The van der Waals surface area contributed by atoms with Gasteiger partial charge in [0.1, 0.15) is 0 Å². The van der Waals surface area contributed by atoms with Crippen molar-refractivity contribution in [2.24, 2.45) is 5.92 Å². The van der Waals surface area contributed by atoms with Crippen molar-refractivity contribution in [1.82, 2.24) is 5.32 Å². The number of nitrogens with one attached hydrogen (secondary N) is 1. The van der Waals surface area contributed by atoms with Crippen molar-refractivity contribution in [2.45, 2.75) is 58.5 Å². The zero-order valence-electron chi connectivity index (χ0n) is 10.5. The average molecular weight is 237 g/mol. The molecule has 0 aliphatic heterocycles. The van der Waals surface area contributed by atoms with Crippen molar-refractivity contribution in [1.29, 1.82) is 0 Å². The lowest BCUT2D eigenvalue weighted by atomic mass is 10.1. The van der Waals surface area contributed by atoms with Crippen LogP contribution in [0.15, 0.2) is 11.4 Å². The van der Waals surface area contributed by atoms with E-state index in [1.54, 1.807) is 4.88 Å². The summed E-state index contributed by atoms with van der Waals surface area (Å²) >= 11 is 1.90. The van der Waals surface area contributed by atoms with E-state index in [1.165, 1.54) is 37.7 Å². The first-order valence-corrected chi connectivity index (χ1v) is 7.50. The third-order valence-corrected chi connectivity index (χ3v) is 4.85. The molecule has 2 unspecified atom stereocenters. The maximum Gasteiger partial charge on any atom is 0.0305 e. The molecular formula is C14H23NS. The van der Waals surface area contributed by atoms with Crippen molar-refractivity contribution < 1.29 is 0 Å². The minimum Gasteiger partial charge on any atom is -0.309 e. The van der Waals surface area contributed by atoms with Crippen molar-refractivity contribution in [3.05, 3.63) is 21.9 Å². The van der Waals surface area contributed by atoms with Crippen LogP contribution in [0.5, 0.6) is 0 Å². The van der Waals surface area contributed by atoms with Gasteiger partial charge in [-0.25, -0.2) is 0 Å². The van der Waals surface area contributed by atoms with E-state index in [2.05, 4.69) is 30.6 Å². The molecule has 1 N–H and O–H groups in total. The van der Waals surface area contributed by atoms with E-state index in [-0.39, 0.29) is 0 Å². The van der Waals surface area contributed by atoms with Gasteiger partial charge in [-0.05, 0) is 48.6 Å². The Morgan fingerprint density at radius 1 is 1.38 bits per heavy atom. The molecular weight excluding hydrogens is 214 g/mol. The Bertz CT molecular complexity index is 318. The Morgan fingerprint density at radius 2 is 2.25 bits per heavy atom. The smallest absolute Gasteiger partial charge is 0.0305 e. The summed E-state index contributed by atoms with van der Waals surface area (Å²) < 4.78 is 0. The molecule has 2 atom stereocenters. The first kappa shape index (κ1) is 12.1. The summed E-state index contributed by atoms with van der Waals surface area (Å²) in [4.78, 5) is 1.54. The first-order valence-electron chi connectivity index (χ1n) is 6.62. The number of hydrogen-bond acceptors (Lipinski definition) is 2. The fraction of sp³-hybridized carbons (Fsp3) is 0.714. The summed E-state index contributed by atoms with van der Waals surface area (Å²) in [5, 5.41) is 5.95. The van der Waals surface area contributed by atoms with Crippen molar-refractivity contribution >= 4 is 11.3 Å². The van der Waals surface area contributed by atoms with Crippen LogP contribution in [0.4, 0.5) is 0 Å². The Labute approximate surface area is 103 Å². The van der Waals surface area contributed by atoms with Gasteiger partial charge in [-0.3, -0.25) is 0 Å². The lowest BCUT2D eigenvalue weighted by molar-refractivity contribution is 0.477. The second-order valence-corrected chi connectivity index (χ2v) is 5.89. The monoisotopic (exact) mass is 237 g/mol. The first-order chi connectivity index (χ1) is 7.83. The predicted molar refractivity (Wildman–Crippen MR) is 72.0 cm³/mol. The molecule has 1 aromatic heterocycles. The van der Waals surface area contributed by atoms with E-state index >= 15 is 0 Å². The van der Waals surface area contributed by atoms with E-state index in [0.717, 1.165) is 18.5 Å². The van der Waals surface area contributed by atoms with Gasteiger partial charge in [0.25, 0.3) is 0 Å². The topological polar surface area (TPSA) is 12.0 Å². The summed E-state index contributed by atoms with van der Waals surface area (Å²) in [6, 6.07) is 3.04. The average Bonchev–Trinajstić information content (AvgIpc) is 2.94. The van der Waals surface area contributed by atoms with Crippen molar-refractivity contribution in [3.8, 4) is 0 Å². The standard InChI is InChI=1S/C14H23NS/c1-3-11-5-6-13(9-11)15-10-14-12(4-2)7-8-16-14/h7-8,11,13,15H,3-6,9-10H2,1-2H3. The molecule has 90 valence electrons. The fourth-order valence-electron chi connectivity index (χ4n) is 2.71. The van der Waals surface area contributed by atoms with Gasteiger partial charge in [0.05, 0.1) is 0 Å². The molecule has 1 aromatic rings. The van der Waals surface area contributed by atoms with Gasteiger partial charge in [0, 0.05) is 17.5 Å². The second kappa shape index (κ2) is 5.83. The second-order valence-electron chi connectivity index (χ2n) is 4.89. The summed E-state index contributed by atoms with van der Waals surface area (Å²) in [6.45, 7) is 5.65. The molecule has 2 rings (SSSR count). The lowest BCUT2D eigenvalue weighted by Crippen LogP contribution is -2.25. The van der Waals surface area contributed by atoms with Gasteiger partial charge >= 0.3 is 0 Å². The van der Waals surface area contributed by atoms with E-state index in [4.69, 9.17) is 0 Å². The summed E-state index contributed by atoms with van der Waals surface area (Å²) in [5.41, 5.74) is 1.53. The van der Waals surface area contributed by atoms with Crippen LogP contribution < -0.4 is 5.32 Å². The summed E-state index contributed by atoms with van der Waals surface area (Å²) in [6.07, 6.45) is 6.73. The minimum atomic E-state index is 0.775. The molecule has 0 bridgehead atoms. The molecule has 1 saturated carbocycles. The van der Waals surface area contributed by atoms with Gasteiger partial charge in [0.15, 0.2) is 0 Å². The Hall–Kier alpha value is -0.340. The molecule has 0 radical (unpaired) electrons. The van der Waals surface area contributed by atoms with Crippen LogP contribution in [-0.4, -0.2) is 6.04 Å². The third-order valence-electron chi connectivity index (χ3n) is 3.89. The van der Waals surface area contributed by atoms with Gasteiger partial charge in [0.2, 0.25) is 0 Å². The lowest BCUT2D eigenvalue weighted by Gasteiger charge is -2.12. The van der Waals surface area contributed by atoms with E-state index < -0.39 is 0 Å². The molecule has 1 aliphatic carbocycles. The van der Waals surface area contributed by atoms with Crippen LogP contribution in [-0.2, 0) is 13.0 Å². The van der Waals surface area contributed by atoms with Crippen LogP contribution in [0.1, 0.15) is 50.0 Å². The number of rotatable bonds is 5. The SMILES string of the molecule is CCc1ccsc1CNC1CCC(CC)C1. The summed E-state index contributed by atoms with van der Waals surface area (Å²) in [7, 11) is 0. The maximum absolute atomic E-state index is 3.73. The maximum atomic E-state index is 3.73. The Balaban J connectivity index is 1.80.